The molecule has 4 heteroatoms. The van der Waals surface area contributed by atoms with Crippen LogP contribution in [0, 0.1) is 5.41 Å². The van der Waals surface area contributed by atoms with Crippen molar-refractivity contribution >= 4 is 23.1 Å². The first-order valence-corrected chi connectivity index (χ1v) is 5.29. The van der Waals surface area contributed by atoms with Gasteiger partial charge in [0.2, 0.25) is 0 Å². The predicted molar refractivity (Wildman–Crippen MR) is 66.4 cm³/mol. The summed E-state index contributed by atoms with van der Waals surface area (Å²) in [7, 11) is 1.98. The van der Waals surface area contributed by atoms with Gasteiger partial charge in [0.05, 0.1) is 16.9 Å². The van der Waals surface area contributed by atoms with Crippen LogP contribution in [0.25, 0.3) is 0 Å². The number of aromatic nitrogens is 1. The molecular formula is C11H18ClN3. The van der Waals surface area contributed by atoms with Crippen molar-refractivity contribution in [2.24, 2.45) is 5.41 Å². The summed E-state index contributed by atoms with van der Waals surface area (Å²) in [6.07, 6.45) is 1.63. The maximum absolute atomic E-state index is 6.07. The zero-order valence-corrected chi connectivity index (χ0v) is 10.5. The van der Waals surface area contributed by atoms with E-state index in [1.807, 2.05) is 11.9 Å². The Kier molecular flexibility index (Phi) is 3.45. The van der Waals surface area contributed by atoms with Crippen LogP contribution in [-0.2, 0) is 0 Å². The van der Waals surface area contributed by atoms with Crippen LogP contribution in [-0.4, -0.2) is 18.6 Å². The van der Waals surface area contributed by atoms with Crippen LogP contribution in [0.4, 0.5) is 11.5 Å². The second-order valence-corrected chi connectivity index (χ2v) is 5.40. The van der Waals surface area contributed by atoms with Crippen LogP contribution in [0.1, 0.15) is 20.8 Å². The molecule has 1 rings (SSSR count). The number of hydrogen-bond acceptors (Lipinski definition) is 3. The standard InChI is InChI=1S/C11H18ClN3/c1-11(2,3)7-15(4)10-9(12)5-8(13)6-14-10/h5-6H,7,13H2,1-4H3. The minimum Gasteiger partial charge on any atom is -0.397 e. The van der Waals surface area contributed by atoms with Gasteiger partial charge in [0.1, 0.15) is 5.82 Å². The van der Waals surface area contributed by atoms with Crippen molar-refractivity contribution in [3.8, 4) is 0 Å². The summed E-state index contributed by atoms with van der Waals surface area (Å²) in [4.78, 5) is 6.27. The quantitative estimate of drug-likeness (QED) is 0.845. The van der Waals surface area contributed by atoms with Gasteiger partial charge in [0.25, 0.3) is 0 Å². The van der Waals surface area contributed by atoms with E-state index in [1.54, 1.807) is 12.3 Å². The van der Waals surface area contributed by atoms with Crippen molar-refractivity contribution in [1.82, 2.24) is 4.98 Å². The first-order chi connectivity index (χ1) is 6.79. The largest absolute Gasteiger partial charge is 0.397 e. The third kappa shape index (κ3) is 3.59. The smallest absolute Gasteiger partial charge is 0.147 e. The van der Waals surface area contributed by atoms with Gasteiger partial charge in [-0.1, -0.05) is 32.4 Å². The van der Waals surface area contributed by atoms with Gasteiger partial charge in [0.15, 0.2) is 0 Å². The lowest BCUT2D eigenvalue weighted by Crippen LogP contribution is -2.29. The number of hydrogen-bond donors (Lipinski definition) is 1. The van der Waals surface area contributed by atoms with Gasteiger partial charge >= 0.3 is 0 Å². The highest BCUT2D eigenvalue weighted by Crippen LogP contribution is 2.26. The fraction of sp³-hybridized carbons (Fsp3) is 0.545. The molecule has 0 radical (unpaired) electrons. The Labute approximate surface area is 96.2 Å². The molecule has 84 valence electrons. The zero-order chi connectivity index (χ0) is 11.6. The minimum atomic E-state index is 0.209. The molecule has 1 heterocycles. The van der Waals surface area contributed by atoms with Crippen molar-refractivity contribution < 1.29 is 0 Å². The van der Waals surface area contributed by atoms with Crippen LogP contribution in [0.15, 0.2) is 12.3 Å². The topological polar surface area (TPSA) is 42.2 Å². The van der Waals surface area contributed by atoms with Crippen LogP contribution in [0.5, 0.6) is 0 Å². The number of halogens is 1. The van der Waals surface area contributed by atoms with Crippen molar-refractivity contribution in [2.75, 3.05) is 24.2 Å². The minimum absolute atomic E-state index is 0.209. The fourth-order valence-electron chi connectivity index (χ4n) is 1.51. The summed E-state index contributed by atoms with van der Waals surface area (Å²) in [6, 6.07) is 1.73. The van der Waals surface area contributed by atoms with E-state index < -0.39 is 0 Å². The molecule has 1 aromatic rings. The second kappa shape index (κ2) is 4.27. The van der Waals surface area contributed by atoms with E-state index >= 15 is 0 Å². The first kappa shape index (κ1) is 12.1. The molecule has 15 heavy (non-hydrogen) atoms. The van der Waals surface area contributed by atoms with Crippen molar-refractivity contribution in [3.05, 3.63) is 17.3 Å². The van der Waals surface area contributed by atoms with Gasteiger partial charge in [-0.2, -0.15) is 0 Å². The number of anilines is 2. The summed E-state index contributed by atoms with van der Waals surface area (Å²) in [5.74, 6) is 0.779. The Morgan fingerprint density at radius 1 is 1.47 bits per heavy atom. The normalized spacial score (nSPS) is 11.5. The van der Waals surface area contributed by atoms with E-state index in [1.165, 1.54) is 0 Å². The molecule has 0 aromatic carbocycles. The Hall–Kier alpha value is -0.960. The third-order valence-electron chi connectivity index (χ3n) is 1.92. The fourth-order valence-corrected chi connectivity index (χ4v) is 1.83. The van der Waals surface area contributed by atoms with Crippen molar-refractivity contribution in [1.29, 1.82) is 0 Å². The number of nitrogen functional groups attached to an aromatic ring is 1. The van der Waals surface area contributed by atoms with Gasteiger partial charge in [-0.05, 0) is 11.5 Å². The molecule has 0 unspecified atom stereocenters. The van der Waals surface area contributed by atoms with Crippen LogP contribution < -0.4 is 10.6 Å². The third-order valence-corrected chi connectivity index (χ3v) is 2.19. The van der Waals surface area contributed by atoms with Gasteiger partial charge in [0, 0.05) is 13.6 Å². The lowest BCUT2D eigenvalue weighted by Gasteiger charge is -2.27. The highest BCUT2D eigenvalue weighted by atomic mass is 35.5. The molecular weight excluding hydrogens is 210 g/mol. The number of rotatable bonds is 2. The number of nitrogens with zero attached hydrogens (tertiary/aromatic N) is 2. The second-order valence-electron chi connectivity index (χ2n) is 4.99. The van der Waals surface area contributed by atoms with Crippen LogP contribution in [0.2, 0.25) is 5.02 Å². The van der Waals surface area contributed by atoms with Crippen molar-refractivity contribution in [2.45, 2.75) is 20.8 Å². The molecule has 2 N–H and O–H groups in total. The summed E-state index contributed by atoms with van der Waals surface area (Å²) in [5.41, 5.74) is 6.39. The molecule has 0 bridgehead atoms. The van der Waals surface area contributed by atoms with Crippen molar-refractivity contribution in [3.63, 3.8) is 0 Å². The molecule has 0 aliphatic heterocycles. The van der Waals surface area contributed by atoms with E-state index in [0.717, 1.165) is 12.4 Å². The SMILES string of the molecule is CN(CC(C)(C)C)c1ncc(N)cc1Cl. The molecule has 0 aliphatic carbocycles. The number of nitrogens with two attached hydrogens (primary N) is 1. The molecule has 0 atom stereocenters. The Morgan fingerprint density at radius 2 is 2.07 bits per heavy atom. The predicted octanol–water partition coefficient (Wildman–Crippen LogP) is 2.80. The van der Waals surface area contributed by atoms with E-state index in [9.17, 15) is 0 Å². The Bertz CT molecular complexity index is 344. The average Bonchev–Trinajstić information content (AvgIpc) is 1.99. The number of pyridine rings is 1. The van der Waals surface area contributed by atoms with E-state index in [0.29, 0.717) is 10.7 Å². The van der Waals surface area contributed by atoms with Gasteiger partial charge in [-0.3, -0.25) is 0 Å². The maximum Gasteiger partial charge on any atom is 0.147 e. The molecule has 1 aromatic heterocycles. The molecule has 0 aliphatic rings. The zero-order valence-electron chi connectivity index (χ0n) is 9.71. The van der Waals surface area contributed by atoms with Crippen LogP contribution in [0.3, 0.4) is 0 Å². The van der Waals surface area contributed by atoms with E-state index in [4.69, 9.17) is 17.3 Å². The Balaban J connectivity index is 2.87. The highest BCUT2D eigenvalue weighted by Gasteiger charge is 2.16. The average molecular weight is 228 g/mol. The molecule has 3 nitrogen and oxygen atoms in total. The lowest BCUT2D eigenvalue weighted by atomic mass is 9.96. The van der Waals surface area contributed by atoms with Crippen LogP contribution >= 0.6 is 11.6 Å². The lowest BCUT2D eigenvalue weighted by molar-refractivity contribution is 0.418. The first-order valence-electron chi connectivity index (χ1n) is 4.92. The molecule has 0 fully saturated rings. The summed E-state index contributed by atoms with van der Waals surface area (Å²) < 4.78 is 0. The molecule has 0 spiro atoms. The summed E-state index contributed by atoms with van der Waals surface area (Å²) in [5, 5.41) is 0.599. The monoisotopic (exact) mass is 227 g/mol. The summed E-state index contributed by atoms with van der Waals surface area (Å²) >= 11 is 6.07. The summed E-state index contributed by atoms with van der Waals surface area (Å²) in [6.45, 7) is 7.42. The van der Waals surface area contributed by atoms with E-state index in [-0.39, 0.29) is 5.41 Å². The van der Waals surface area contributed by atoms with E-state index in [2.05, 4.69) is 25.8 Å². The van der Waals surface area contributed by atoms with Gasteiger partial charge in [-0.15, -0.1) is 0 Å². The van der Waals surface area contributed by atoms with Gasteiger partial charge < -0.3 is 10.6 Å². The van der Waals surface area contributed by atoms with Gasteiger partial charge in [-0.25, -0.2) is 4.98 Å². The highest BCUT2D eigenvalue weighted by molar-refractivity contribution is 6.33. The molecule has 0 amide bonds. The molecule has 0 saturated heterocycles. The maximum atomic E-state index is 6.07. The Morgan fingerprint density at radius 3 is 2.53 bits per heavy atom. The molecule has 0 saturated carbocycles.